The molecule has 31 heavy (non-hydrogen) atoms. The summed E-state index contributed by atoms with van der Waals surface area (Å²) >= 11 is 0. The van der Waals surface area contributed by atoms with Crippen LogP contribution in [-0.2, 0) is 21.2 Å². The summed E-state index contributed by atoms with van der Waals surface area (Å²) in [7, 11) is -3.64. The molecule has 166 valence electrons. The van der Waals surface area contributed by atoms with E-state index in [0.29, 0.717) is 13.1 Å². The molecule has 1 atom stereocenters. The Morgan fingerprint density at radius 1 is 1.00 bits per heavy atom. The minimum Gasteiger partial charge on any atom is -0.354 e. The van der Waals surface area contributed by atoms with Crippen molar-refractivity contribution in [3.63, 3.8) is 0 Å². The van der Waals surface area contributed by atoms with Crippen LogP contribution in [0.25, 0.3) is 0 Å². The fourth-order valence-electron chi connectivity index (χ4n) is 3.69. The number of nitrogens with zero attached hydrogens (tertiary/aromatic N) is 1. The minimum atomic E-state index is -3.64. The first-order valence-corrected chi connectivity index (χ1v) is 12.0. The first-order valence-electron chi connectivity index (χ1n) is 10.6. The second-order valence-electron chi connectivity index (χ2n) is 7.76. The van der Waals surface area contributed by atoms with Gasteiger partial charge in [0.25, 0.3) is 5.91 Å². The largest absolute Gasteiger partial charge is 0.354 e. The molecular formula is C23H29N3O4S. The first-order chi connectivity index (χ1) is 14.9. The van der Waals surface area contributed by atoms with Gasteiger partial charge >= 0.3 is 0 Å². The molecule has 2 N–H and O–H groups in total. The molecule has 1 unspecified atom stereocenters. The highest BCUT2D eigenvalue weighted by atomic mass is 32.2. The predicted molar refractivity (Wildman–Crippen MR) is 119 cm³/mol. The van der Waals surface area contributed by atoms with Crippen molar-refractivity contribution >= 4 is 21.8 Å². The lowest BCUT2D eigenvalue weighted by molar-refractivity contribution is -0.120. The lowest BCUT2D eigenvalue weighted by Gasteiger charge is -2.32. The maximum Gasteiger partial charge on any atom is 0.251 e. The summed E-state index contributed by atoms with van der Waals surface area (Å²) in [6, 6.07) is 15.5. The summed E-state index contributed by atoms with van der Waals surface area (Å²) in [5.74, 6) is -0.495. The lowest BCUT2D eigenvalue weighted by Crippen LogP contribution is -2.42. The van der Waals surface area contributed by atoms with Gasteiger partial charge < -0.3 is 10.6 Å². The lowest BCUT2D eigenvalue weighted by atomic mass is 10.1. The normalized spacial score (nSPS) is 17.1. The van der Waals surface area contributed by atoms with E-state index in [0.717, 1.165) is 24.8 Å². The maximum atomic E-state index is 13.0. The molecule has 3 rings (SSSR count). The van der Waals surface area contributed by atoms with Crippen LogP contribution >= 0.6 is 0 Å². The van der Waals surface area contributed by atoms with E-state index in [1.807, 2.05) is 37.3 Å². The quantitative estimate of drug-likeness (QED) is 0.612. The summed E-state index contributed by atoms with van der Waals surface area (Å²) < 4.78 is 27.5. The number of rotatable bonds is 8. The minimum absolute atomic E-state index is 0.0456. The van der Waals surface area contributed by atoms with Crippen LogP contribution < -0.4 is 10.6 Å². The van der Waals surface area contributed by atoms with Gasteiger partial charge in [0.15, 0.2) is 0 Å². The van der Waals surface area contributed by atoms with Crippen LogP contribution in [0.3, 0.4) is 0 Å². The number of piperidine rings is 1. The molecule has 0 saturated carbocycles. The summed E-state index contributed by atoms with van der Waals surface area (Å²) in [5.41, 5.74) is 1.20. The molecule has 1 aliphatic rings. The Labute approximate surface area is 183 Å². The van der Waals surface area contributed by atoms with Crippen molar-refractivity contribution in [3.8, 4) is 0 Å². The van der Waals surface area contributed by atoms with Crippen molar-refractivity contribution in [2.75, 3.05) is 19.6 Å². The monoisotopic (exact) mass is 443 g/mol. The first kappa shape index (κ1) is 23.0. The van der Waals surface area contributed by atoms with E-state index in [2.05, 4.69) is 10.6 Å². The Kier molecular flexibility index (Phi) is 7.81. The molecule has 7 nitrogen and oxygen atoms in total. The fourth-order valence-corrected chi connectivity index (χ4v) is 5.43. The highest BCUT2D eigenvalue weighted by Gasteiger charge is 2.31. The standard InChI is InChI=1S/C23H29N3O4S/c1-18-8-5-6-15-26(18)31(29,30)21-12-7-11-20(17-21)23(28)25-14-13-24-22(27)16-19-9-3-2-4-10-19/h2-4,7,9-12,17-18H,5-6,8,13-16H2,1H3,(H,24,27)(H,25,28). The zero-order valence-electron chi connectivity index (χ0n) is 17.7. The molecule has 1 aliphatic heterocycles. The van der Waals surface area contributed by atoms with E-state index in [-0.39, 0.29) is 41.3 Å². The highest BCUT2D eigenvalue weighted by molar-refractivity contribution is 7.89. The van der Waals surface area contributed by atoms with Gasteiger partial charge in [0.2, 0.25) is 15.9 Å². The molecular weight excluding hydrogens is 414 g/mol. The van der Waals surface area contributed by atoms with Crippen molar-refractivity contribution in [2.45, 2.75) is 43.5 Å². The zero-order valence-corrected chi connectivity index (χ0v) is 18.5. The third-order valence-electron chi connectivity index (χ3n) is 5.39. The number of amides is 2. The third-order valence-corrected chi connectivity index (χ3v) is 7.39. The average Bonchev–Trinajstić information content (AvgIpc) is 2.77. The topological polar surface area (TPSA) is 95.6 Å². The van der Waals surface area contributed by atoms with Gasteiger partial charge in [0.05, 0.1) is 11.3 Å². The van der Waals surface area contributed by atoms with Crippen LogP contribution in [0.15, 0.2) is 59.5 Å². The van der Waals surface area contributed by atoms with E-state index < -0.39 is 10.0 Å². The molecule has 0 bridgehead atoms. The number of nitrogens with one attached hydrogen (secondary N) is 2. The molecule has 1 saturated heterocycles. The summed E-state index contributed by atoms with van der Waals surface area (Å²) in [5, 5.41) is 5.49. The van der Waals surface area contributed by atoms with Gasteiger partial charge in [-0.25, -0.2) is 8.42 Å². The molecule has 0 aliphatic carbocycles. The summed E-state index contributed by atoms with van der Waals surface area (Å²) in [6.07, 6.45) is 3.00. The Balaban J connectivity index is 1.52. The van der Waals surface area contributed by atoms with Gasteiger partial charge in [-0.3, -0.25) is 9.59 Å². The molecule has 0 radical (unpaired) electrons. The molecule has 0 aromatic heterocycles. The van der Waals surface area contributed by atoms with Gasteiger partial charge in [-0.2, -0.15) is 4.31 Å². The molecule has 2 amide bonds. The highest BCUT2D eigenvalue weighted by Crippen LogP contribution is 2.25. The smallest absolute Gasteiger partial charge is 0.251 e. The number of carbonyl (C=O) groups excluding carboxylic acids is 2. The predicted octanol–water partition coefficient (Wildman–Crippen LogP) is 2.34. The van der Waals surface area contributed by atoms with Crippen LogP contribution in [0.1, 0.15) is 42.1 Å². The number of carbonyl (C=O) groups is 2. The van der Waals surface area contributed by atoms with Crippen LogP contribution in [0.2, 0.25) is 0 Å². The molecule has 2 aromatic rings. The molecule has 2 aromatic carbocycles. The second kappa shape index (κ2) is 10.5. The Hall–Kier alpha value is -2.71. The van der Waals surface area contributed by atoms with Crippen LogP contribution in [0, 0.1) is 0 Å². The van der Waals surface area contributed by atoms with Crippen molar-refractivity contribution in [2.24, 2.45) is 0 Å². The Bertz CT molecular complexity index is 1010. The van der Waals surface area contributed by atoms with E-state index in [4.69, 9.17) is 0 Å². The number of benzene rings is 2. The molecule has 8 heteroatoms. The molecule has 0 spiro atoms. The maximum absolute atomic E-state index is 13.0. The second-order valence-corrected chi connectivity index (χ2v) is 9.65. The Morgan fingerprint density at radius 3 is 2.48 bits per heavy atom. The van der Waals surface area contributed by atoms with E-state index in [1.54, 1.807) is 12.1 Å². The van der Waals surface area contributed by atoms with E-state index in [9.17, 15) is 18.0 Å². The molecule has 1 heterocycles. The Morgan fingerprint density at radius 2 is 1.74 bits per heavy atom. The summed E-state index contributed by atoms with van der Waals surface area (Å²) in [6.45, 7) is 2.96. The van der Waals surface area contributed by atoms with E-state index in [1.165, 1.54) is 16.4 Å². The zero-order chi connectivity index (χ0) is 22.3. The number of sulfonamides is 1. The van der Waals surface area contributed by atoms with E-state index >= 15 is 0 Å². The van der Waals surface area contributed by atoms with Crippen LogP contribution in [0.5, 0.6) is 0 Å². The average molecular weight is 444 g/mol. The van der Waals surface area contributed by atoms with Crippen molar-refractivity contribution in [1.29, 1.82) is 0 Å². The number of hydrogen-bond acceptors (Lipinski definition) is 4. The SMILES string of the molecule is CC1CCCCN1S(=O)(=O)c1cccc(C(=O)NCCNC(=O)Cc2ccccc2)c1. The molecule has 1 fully saturated rings. The van der Waals surface area contributed by atoms with Crippen molar-refractivity contribution < 1.29 is 18.0 Å². The van der Waals surface area contributed by atoms with Crippen LogP contribution in [-0.4, -0.2) is 50.2 Å². The fraction of sp³-hybridized carbons (Fsp3) is 0.391. The van der Waals surface area contributed by atoms with Crippen LogP contribution in [0.4, 0.5) is 0 Å². The third kappa shape index (κ3) is 6.15. The van der Waals surface area contributed by atoms with Crippen molar-refractivity contribution in [1.82, 2.24) is 14.9 Å². The van der Waals surface area contributed by atoms with Gasteiger partial charge in [-0.1, -0.05) is 42.8 Å². The van der Waals surface area contributed by atoms with Gasteiger partial charge in [-0.05, 0) is 43.5 Å². The van der Waals surface area contributed by atoms with Gasteiger partial charge in [0.1, 0.15) is 0 Å². The summed E-state index contributed by atoms with van der Waals surface area (Å²) in [4.78, 5) is 24.6. The number of hydrogen-bond donors (Lipinski definition) is 2. The van der Waals surface area contributed by atoms with Gasteiger partial charge in [-0.15, -0.1) is 0 Å². The van der Waals surface area contributed by atoms with Crippen molar-refractivity contribution in [3.05, 3.63) is 65.7 Å². The van der Waals surface area contributed by atoms with Gasteiger partial charge in [0, 0.05) is 31.2 Å².